The molecule has 0 saturated carbocycles. The Kier molecular flexibility index (Phi) is 4.87. The molecule has 0 radical (unpaired) electrons. The van der Waals surface area contributed by atoms with Crippen molar-refractivity contribution in [1.29, 1.82) is 0 Å². The molecular formula is C17H16F2N4O2. The van der Waals surface area contributed by atoms with Crippen LogP contribution in [0.15, 0.2) is 42.6 Å². The van der Waals surface area contributed by atoms with Gasteiger partial charge in [-0.15, -0.1) is 0 Å². The van der Waals surface area contributed by atoms with Gasteiger partial charge in [-0.3, -0.25) is 9.78 Å². The molecule has 0 aliphatic carbocycles. The van der Waals surface area contributed by atoms with E-state index in [1.54, 1.807) is 0 Å². The molecule has 3 rings (SSSR count). The SMILES string of the molecule is Cn1c(CNC(=O)c2cc(OCC(F)F)ccn2)nc2ccccc21. The van der Waals surface area contributed by atoms with E-state index in [-0.39, 0.29) is 18.0 Å². The highest BCUT2D eigenvalue weighted by Gasteiger charge is 2.12. The van der Waals surface area contributed by atoms with Crippen LogP contribution in [0.3, 0.4) is 0 Å². The second-order valence-electron chi connectivity index (χ2n) is 5.34. The van der Waals surface area contributed by atoms with Crippen molar-refractivity contribution in [2.75, 3.05) is 6.61 Å². The Hall–Kier alpha value is -3.03. The van der Waals surface area contributed by atoms with Crippen LogP contribution in [0.5, 0.6) is 5.75 Å². The third-order valence-electron chi connectivity index (χ3n) is 3.63. The summed E-state index contributed by atoms with van der Waals surface area (Å²) in [7, 11) is 1.87. The molecule has 25 heavy (non-hydrogen) atoms. The predicted octanol–water partition coefficient (Wildman–Crippen LogP) is 2.54. The van der Waals surface area contributed by atoms with Gasteiger partial charge in [0.2, 0.25) is 0 Å². The van der Waals surface area contributed by atoms with E-state index in [0.717, 1.165) is 11.0 Å². The van der Waals surface area contributed by atoms with Crippen molar-refractivity contribution < 1.29 is 18.3 Å². The van der Waals surface area contributed by atoms with Crippen LogP contribution in [0.1, 0.15) is 16.3 Å². The molecule has 130 valence electrons. The first kappa shape index (κ1) is 16.8. The molecule has 8 heteroatoms. The minimum Gasteiger partial charge on any atom is -0.488 e. The number of carbonyl (C=O) groups excluding carboxylic acids is 1. The summed E-state index contributed by atoms with van der Waals surface area (Å²) in [6.45, 7) is -0.515. The molecule has 0 fully saturated rings. The Labute approximate surface area is 142 Å². The van der Waals surface area contributed by atoms with Crippen LogP contribution in [0, 0.1) is 0 Å². The van der Waals surface area contributed by atoms with Gasteiger partial charge in [0.1, 0.15) is 23.9 Å². The van der Waals surface area contributed by atoms with E-state index in [1.807, 2.05) is 35.9 Å². The smallest absolute Gasteiger partial charge is 0.272 e. The summed E-state index contributed by atoms with van der Waals surface area (Å²) in [5.41, 5.74) is 1.90. The van der Waals surface area contributed by atoms with E-state index in [9.17, 15) is 13.6 Å². The van der Waals surface area contributed by atoms with Gasteiger partial charge in [-0.05, 0) is 18.2 Å². The van der Waals surface area contributed by atoms with E-state index in [0.29, 0.717) is 5.82 Å². The second-order valence-corrected chi connectivity index (χ2v) is 5.34. The first-order valence-corrected chi connectivity index (χ1v) is 7.60. The van der Waals surface area contributed by atoms with Crippen LogP contribution in [0.2, 0.25) is 0 Å². The highest BCUT2D eigenvalue weighted by molar-refractivity contribution is 5.92. The summed E-state index contributed by atoms with van der Waals surface area (Å²) in [4.78, 5) is 20.6. The van der Waals surface area contributed by atoms with Gasteiger partial charge in [0.25, 0.3) is 12.3 Å². The number of imidazole rings is 1. The summed E-state index contributed by atoms with van der Waals surface area (Å²) in [6.07, 6.45) is -1.24. The number of carbonyl (C=O) groups is 1. The molecule has 0 saturated heterocycles. The van der Waals surface area contributed by atoms with Crippen molar-refractivity contribution in [2.45, 2.75) is 13.0 Å². The standard InChI is InChI=1S/C17H16F2N4O2/c1-23-14-5-3-2-4-12(14)22-16(23)9-21-17(24)13-8-11(6-7-20-13)25-10-15(18)19/h2-8,15H,9-10H2,1H3,(H,21,24). The number of para-hydroxylation sites is 2. The fourth-order valence-corrected chi connectivity index (χ4v) is 2.39. The number of alkyl halides is 2. The molecule has 3 aromatic rings. The van der Waals surface area contributed by atoms with E-state index in [4.69, 9.17) is 4.74 Å². The molecule has 0 aliphatic rings. The molecule has 0 spiro atoms. The van der Waals surface area contributed by atoms with Gasteiger partial charge < -0.3 is 14.6 Å². The highest BCUT2D eigenvalue weighted by Crippen LogP contribution is 2.15. The molecule has 1 aromatic carbocycles. The largest absolute Gasteiger partial charge is 0.488 e. The zero-order valence-corrected chi connectivity index (χ0v) is 13.4. The minimum absolute atomic E-state index is 0.0885. The van der Waals surface area contributed by atoms with Gasteiger partial charge >= 0.3 is 0 Å². The normalized spacial score (nSPS) is 11.0. The van der Waals surface area contributed by atoms with Crippen molar-refractivity contribution in [3.63, 3.8) is 0 Å². The summed E-state index contributed by atoms with van der Waals surface area (Å²) in [5.74, 6) is 0.428. The number of aromatic nitrogens is 3. The molecule has 0 bridgehead atoms. The maximum absolute atomic E-state index is 12.2. The third kappa shape index (κ3) is 3.90. The number of aryl methyl sites for hydroxylation is 1. The lowest BCUT2D eigenvalue weighted by atomic mass is 10.3. The van der Waals surface area contributed by atoms with E-state index in [2.05, 4.69) is 15.3 Å². The van der Waals surface area contributed by atoms with Crippen molar-refractivity contribution in [3.8, 4) is 5.75 Å². The molecule has 0 unspecified atom stereocenters. The van der Waals surface area contributed by atoms with Gasteiger partial charge in [0.05, 0.1) is 17.6 Å². The van der Waals surface area contributed by atoms with Gasteiger partial charge in [0, 0.05) is 19.3 Å². The third-order valence-corrected chi connectivity index (χ3v) is 3.63. The number of rotatable bonds is 6. The van der Waals surface area contributed by atoms with Gasteiger partial charge in [-0.1, -0.05) is 12.1 Å². The molecule has 2 aromatic heterocycles. The van der Waals surface area contributed by atoms with Crippen LogP contribution in [0.4, 0.5) is 8.78 Å². The number of benzene rings is 1. The number of amides is 1. The van der Waals surface area contributed by atoms with Gasteiger partial charge in [-0.25, -0.2) is 13.8 Å². The number of hydrogen-bond donors (Lipinski definition) is 1. The zero-order chi connectivity index (χ0) is 17.8. The number of nitrogens with one attached hydrogen (secondary N) is 1. The summed E-state index contributed by atoms with van der Waals surface area (Å²) >= 11 is 0. The highest BCUT2D eigenvalue weighted by atomic mass is 19.3. The maximum atomic E-state index is 12.2. The fourth-order valence-electron chi connectivity index (χ4n) is 2.39. The summed E-state index contributed by atoms with van der Waals surface area (Å²) in [5, 5.41) is 2.72. The average molecular weight is 346 g/mol. The number of pyridine rings is 1. The summed E-state index contributed by atoms with van der Waals surface area (Å²) < 4.78 is 31.2. The first-order chi connectivity index (χ1) is 12.0. The molecule has 1 N–H and O–H groups in total. The van der Waals surface area contributed by atoms with Crippen LogP contribution in [-0.2, 0) is 13.6 Å². The molecule has 6 nitrogen and oxygen atoms in total. The van der Waals surface area contributed by atoms with Gasteiger partial charge in [-0.2, -0.15) is 0 Å². The number of ether oxygens (including phenoxy) is 1. The number of hydrogen-bond acceptors (Lipinski definition) is 4. The lowest BCUT2D eigenvalue weighted by Gasteiger charge is -2.08. The molecular weight excluding hydrogens is 330 g/mol. The maximum Gasteiger partial charge on any atom is 0.272 e. The zero-order valence-electron chi connectivity index (χ0n) is 13.4. The van der Waals surface area contributed by atoms with Crippen molar-refractivity contribution >= 4 is 16.9 Å². The molecule has 1 amide bonds. The predicted molar refractivity (Wildman–Crippen MR) is 87.6 cm³/mol. The van der Waals surface area contributed by atoms with Crippen LogP contribution in [-0.4, -0.2) is 33.5 Å². The number of fused-ring (bicyclic) bond motifs is 1. The Morgan fingerprint density at radius 2 is 2.12 bits per heavy atom. The number of halogens is 2. The van der Waals surface area contributed by atoms with E-state index in [1.165, 1.54) is 18.3 Å². The lowest BCUT2D eigenvalue weighted by Crippen LogP contribution is -2.25. The Bertz CT molecular complexity index is 895. The summed E-state index contributed by atoms with van der Waals surface area (Å²) in [6, 6.07) is 10.4. The monoisotopic (exact) mass is 346 g/mol. The van der Waals surface area contributed by atoms with Crippen molar-refractivity contribution in [1.82, 2.24) is 19.9 Å². The van der Waals surface area contributed by atoms with Crippen molar-refractivity contribution in [3.05, 3.63) is 54.1 Å². The average Bonchev–Trinajstić information content (AvgIpc) is 2.94. The van der Waals surface area contributed by atoms with E-state index < -0.39 is 18.9 Å². The lowest BCUT2D eigenvalue weighted by molar-refractivity contribution is 0.0817. The molecule has 0 atom stereocenters. The Morgan fingerprint density at radius 1 is 1.32 bits per heavy atom. The second kappa shape index (κ2) is 7.25. The van der Waals surface area contributed by atoms with Crippen LogP contribution in [0.25, 0.3) is 11.0 Å². The van der Waals surface area contributed by atoms with Crippen LogP contribution >= 0.6 is 0 Å². The first-order valence-electron chi connectivity index (χ1n) is 7.60. The molecule has 2 heterocycles. The quantitative estimate of drug-likeness (QED) is 0.745. The van der Waals surface area contributed by atoms with E-state index >= 15 is 0 Å². The minimum atomic E-state index is -2.58. The fraction of sp³-hybridized carbons (Fsp3) is 0.235. The Morgan fingerprint density at radius 3 is 2.88 bits per heavy atom. The van der Waals surface area contributed by atoms with Crippen LogP contribution < -0.4 is 10.1 Å². The number of nitrogens with zero attached hydrogens (tertiary/aromatic N) is 3. The van der Waals surface area contributed by atoms with Crippen molar-refractivity contribution in [2.24, 2.45) is 7.05 Å². The van der Waals surface area contributed by atoms with Gasteiger partial charge in [0.15, 0.2) is 0 Å². The topological polar surface area (TPSA) is 69.0 Å². The molecule has 0 aliphatic heterocycles. The Balaban J connectivity index is 1.67.